The largest absolute Gasteiger partial charge is 0.417 e. The smallest absolute Gasteiger partial charge is 0.338 e. The second-order valence-corrected chi connectivity index (χ2v) is 8.64. The van der Waals surface area contributed by atoms with Crippen molar-refractivity contribution in [3.05, 3.63) is 69.7 Å². The molecule has 8 heteroatoms. The van der Waals surface area contributed by atoms with Crippen molar-refractivity contribution in [2.75, 3.05) is 26.2 Å². The van der Waals surface area contributed by atoms with E-state index in [4.69, 9.17) is 0 Å². The molecule has 30 heavy (non-hydrogen) atoms. The van der Waals surface area contributed by atoms with E-state index in [0.717, 1.165) is 28.9 Å². The fourth-order valence-corrected chi connectivity index (χ4v) is 4.44. The Morgan fingerprint density at radius 2 is 1.53 bits per heavy atom. The summed E-state index contributed by atoms with van der Waals surface area (Å²) in [6.45, 7) is 1.06. The van der Waals surface area contributed by atoms with Gasteiger partial charge in [0, 0.05) is 30.7 Å². The fourth-order valence-electron chi connectivity index (χ4n) is 4.04. The minimum absolute atomic E-state index is 0.0309. The first-order valence-corrected chi connectivity index (χ1v) is 10.5. The van der Waals surface area contributed by atoms with Crippen molar-refractivity contribution in [2.45, 2.75) is 24.4 Å². The Kier molecular flexibility index (Phi) is 5.38. The highest BCUT2D eigenvalue weighted by atomic mass is 79.9. The van der Waals surface area contributed by atoms with Crippen LogP contribution >= 0.6 is 15.9 Å². The number of carbonyl (C=O) groups is 2. The third kappa shape index (κ3) is 3.85. The van der Waals surface area contributed by atoms with Gasteiger partial charge in [-0.1, -0.05) is 40.2 Å². The molecule has 2 amide bonds. The summed E-state index contributed by atoms with van der Waals surface area (Å²) in [5.41, 5.74) is -0.823. The summed E-state index contributed by atoms with van der Waals surface area (Å²) in [4.78, 5) is 29.0. The number of piperazine rings is 1. The van der Waals surface area contributed by atoms with Crippen LogP contribution in [0.4, 0.5) is 13.2 Å². The predicted molar refractivity (Wildman–Crippen MR) is 109 cm³/mol. The van der Waals surface area contributed by atoms with E-state index in [9.17, 15) is 22.8 Å². The number of benzene rings is 2. The predicted octanol–water partition coefficient (Wildman–Crippen LogP) is 4.48. The van der Waals surface area contributed by atoms with Crippen molar-refractivity contribution in [3.63, 3.8) is 0 Å². The lowest BCUT2D eigenvalue weighted by atomic mass is 9.94. The number of hydrogen-bond donors (Lipinski definition) is 0. The molecule has 4 rings (SSSR count). The van der Waals surface area contributed by atoms with Gasteiger partial charge in [0.05, 0.1) is 16.5 Å². The summed E-state index contributed by atoms with van der Waals surface area (Å²) in [6, 6.07) is 12.5. The van der Waals surface area contributed by atoms with Crippen LogP contribution in [0.25, 0.3) is 0 Å². The highest BCUT2D eigenvalue weighted by Crippen LogP contribution is 2.50. The van der Waals surface area contributed by atoms with Crippen LogP contribution < -0.4 is 0 Å². The summed E-state index contributed by atoms with van der Waals surface area (Å²) in [5.74, 6) is -0.619. The third-order valence-corrected chi connectivity index (χ3v) is 6.35. The van der Waals surface area contributed by atoms with Crippen LogP contribution in [0, 0.1) is 0 Å². The van der Waals surface area contributed by atoms with Gasteiger partial charge in [-0.25, -0.2) is 0 Å². The Morgan fingerprint density at radius 3 is 2.13 bits per heavy atom. The number of rotatable bonds is 3. The summed E-state index contributed by atoms with van der Waals surface area (Å²) in [7, 11) is 0. The normalized spacial score (nSPS) is 18.3. The van der Waals surface area contributed by atoms with Crippen molar-refractivity contribution in [1.29, 1.82) is 0 Å². The van der Waals surface area contributed by atoms with Crippen molar-refractivity contribution in [2.24, 2.45) is 0 Å². The highest BCUT2D eigenvalue weighted by Gasteiger charge is 2.53. The number of hydrogen-bond acceptors (Lipinski definition) is 2. The van der Waals surface area contributed by atoms with Gasteiger partial charge in [-0.05, 0) is 42.7 Å². The molecule has 1 aliphatic carbocycles. The van der Waals surface area contributed by atoms with E-state index >= 15 is 0 Å². The molecule has 158 valence electrons. The van der Waals surface area contributed by atoms with Gasteiger partial charge in [0.15, 0.2) is 0 Å². The van der Waals surface area contributed by atoms with Crippen molar-refractivity contribution in [3.8, 4) is 0 Å². The lowest BCUT2D eigenvalue weighted by Crippen LogP contribution is -2.53. The molecular formula is C22H20BrF3N2O2. The fraction of sp³-hybridized carbons (Fsp3) is 0.364. The van der Waals surface area contributed by atoms with E-state index in [1.165, 1.54) is 23.1 Å². The molecule has 2 aromatic carbocycles. The van der Waals surface area contributed by atoms with Crippen LogP contribution in [-0.2, 0) is 16.4 Å². The summed E-state index contributed by atoms with van der Waals surface area (Å²) in [5, 5.41) is 0. The molecule has 1 heterocycles. The van der Waals surface area contributed by atoms with Gasteiger partial charge in [-0.15, -0.1) is 0 Å². The van der Waals surface area contributed by atoms with Crippen LogP contribution in [0.3, 0.4) is 0 Å². The Morgan fingerprint density at radius 1 is 0.900 bits per heavy atom. The summed E-state index contributed by atoms with van der Waals surface area (Å²) in [6.07, 6.45) is -3.03. The lowest BCUT2D eigenvalue weighted by Gasteiger charge is -2.37. The molecular weight excluding hydrogens is 461 g/mol. The number of nitrogens with zero attached hydrogens (tertiary/aromatic N) is 2. The molecule has 4 nitrogen and oxygen atoms in total. The minimum Gasteiger partial charge on any atom is -0.338 e. The molecule has 0 spiro atoms. The Bertz CT molecular complexity index is 980. The van der Waals surface area contributed by atoms with Crippen molar-refractivity contribution >= 4 is 27.7 Å². The second-order valence-electron chi connectivity index (χ2n) is 7.72. The van der Waals surface area contributed by atoms with Gasteiger partial charge in [-0.2, -0.15) is 13.2 Å². The lowest BCUT2D eigenvalue weighted by molar-refractivity contribution is -0.138. The molecule has 0 bridgehead atoms. The first-order chi connectivity index (χ1) is 14.2. The second kappa shape index (κ2) is 7.72. The molecule has 0 N–H and O–H groups in total. The van der Waals surface area contributed by atoms with E-state index in [1.807, 2.05) is 24.3 Å². The van der Waals surface area contributed by atoms with Crippen LogP contribution in [0.15, 0.2) is 53.0 Å². The maximum Gasteiger partial charge on any atom is 0.417 e. The first kappa shape index (κ1) is 20.9. The Labute approximate surface area is 180 Å². The zero-order chi connectivity index (χ0) is 21.5. The average molecular weight is 481 g/mol. The van der Waals surface area contributed by atoms with E-state index in [0.29, 0.717) is 13.1 Å². The molecule has 0 atom stereocenters. The summed E-state index contributed by atoms with van der Waals surface area (Å²) < 4.78 is 40.6. The summed E-state index contributed by atoms with van der Waals surface area (Å²) >= 11 is 3.44. The first-order valence-electron chi connectivity index (χ1n) is 9.73. The van der Waals surface area contributed by atoms with E-state index in [-0.39, 0.29) is 24.6 Å². The van der Waals surface area contributed by atoms with Gasteiger partial charge in [0.2, 0.25) is 5.91 Å². The van der Waals surface area contributed by atoms with Gasteiger partial charge in [0.1, 0.15) is 0 Å². The van der Waals surface area contributed by atoms with Gasteiger partial charge in [-0.3, -0.25) is 9.59 Å². The minimum atomic E-state index is -4.59. The Hall–Kier alpha value is -2.35. The van der Waals surface area contributed by atoms with E-state index in [1.54, 1.807) is 4.90 Å². The van der Waals surface area contributed by atoms with E-state index < -0.39 is 23.1 Å². The molecule has 2 aliphatic rings. The van der Waals surface area contributed by atoms with Crippen molar-refractivity contribution < 1.29 is 22.8 Å². The molecule has 0 unspecified atom stereocenters. The van der Waals surface area contributed by atoms with Crippen molar-refractivity contribution in [1.82, 2.24) is 9.80 Å². The molecule has 0 radical (unpaired) electrons. The van der Waals surface area contributed by atoms with E-state index in [2.05, 4.69) is 15.9 Å². The molecule has 2 aromatic rings. The average Bonchev–Trinajstić information content (AvgIpc) is 3.54. The third-order valence-electron chi connectivity index (χ3n) is 5.85. The topological polar surface area (TPSA) is 40.6 Å². The van der Waals surface area contributed by atoms with Crippen LogP contribution in [0.5, 0.6) is 0 Å². The van der Waals surface area contributed by atoms with Crippen LogP contribution in [0.1, 0.15) is 34.3 Å². The molecule has 1 saturated carbocycles. The zero-order valence-electron chi connectivity index (χ0n) is 16.1. The number of carbonyl (C=O) groups excluding carboxylic acids is 2. The standard InChI is InChI=1S/C22H20BrF3N2O2/c23-16-5-3-4-15(14-16)21(8-9-21)20(30)28-12-10-27(11-13-28)19(29)17-6-1-2-7-18(17)22(24,25)26/h1-7,14H,8-13H2. The quantitative estimate of drug-likeness (QED) is 0.649. The maximum atomic E-state index is 13.2. The number of alkyl halides is 3. The number of halogens is 4. The van der Waals surface area contributed by atoms with Gasteiger partial charge < -0.3 is 9.80 Å². The molecule has 0 aromatic heterocycles. The zero-order valence-corrected chi connectivity index (χ0v) is 17.7. The Balaban J connectivity index is 1.45. The van der Waals surface area contributed by atoms with Gasteiger partial charge in [0.25, 0.3) is 5.91 Å². The monoisotopic (exact) mass is 480 g/mol. The van der Waals surface area contributed by atoms with Crippen LogP contribution in [0.2, 0.25) is 0 Å². The van der Waals surface area contributed by atoms with Crippen LogP contribution in [-0.4, -0.2) is 47.8 Å². The van der Waals surface area contributed by atoms with Gasteiger partial charge >= 0.3 is 6.18 Å². The highest BCUT2D eigenvalue weighted by molar-refractivity contribution is 9.10. The SMILES string of the molecule is O=C(c1ccccc1C(F)(F)F)N1CCN(C(=O)C2(c3cccc(Br)c3)CC2)CC1. The maximum absolute atomic E-state index is 13.2. The number of amides is 2. The molecule has 1 aliphatic heterocycles. The molecule has 2 fully saturated rings. The molecule has 1 saturated heterocycles.